The van der Waals surface area contributed by atoms with Gasteiger partial charge in [-0.05, 0) is 12.8 Å². The van der Waals surface area contributed by atoms with Crippen molar-refractivity contribution < 1.29 is 26.3 Å². The molecule has 0 aromatic heterocycles. The number of piperidine rings is 1. The molecule has 0 bridgehead atoms. The first-order chi connectivity index (χ1) is 7.68. The first-order valence-electron chi connectivity index (χ1n) is 4.84. The van der Waals surface area contributed by atoms with Gasteiger partial charge in [-0.2, -0.15) is 13.2 Å². The van der Waals surface area contributed by atoms with Gasteiger partial charge in [0.2, 0.25) is 10.0 Å². The molecule has 0 unspecified atom stereocenters. The van der Waals surface area contributed by atoms with Gasteiger partial charge in [-0.25, -0.2) is 12.7 Å². The summed E-state index contributed by atoms with van der Waals surface area (Å²) in [4.78, 5) is 0. The number of hydrogen-bond donors (Lipinski definition) is 0. The van der Waals surface area contributed by atoms with Crippen LogP contribution >= 0.6 is 11.6 Å². The molecular formula is C8H13ClF3NO3S. The van der Waals surface area contributed by atoms with Crippen LogP contribution in [0.2, 0.25) is 0 Å². The fourth-order valence-corrected chi connectivity index (χ4v) is 3.09. The lowest BCUT2D eigenvalue weighted by Crippen LogP contribution is -2.55. The monoisotopic (exact) mass is 295 g/mol. The smallest absolute Gasteiger partial charge is 0.369 e. The maximum absolute atomic E-state index is 12.8. The third-order valence-corrected chi connectivity index (χ3v) is 5.22. The van der Waals surface area contributed by atoms with Crippen LogP contribution in [0.5, 0.6) is 0 Å². The highest BCUT2D eigenvalue weighted by atomic mass is 35.5. The normalized spacial score (nSPS) is 22.6. The highest BCUT2D eigenvalue weighted by molar-refractivity contribution is 7.90. The van der Waals surface area contributed by atoms with Gasteiger partial charge in [-0.1, -0.05) is 0 Å². The quantitative estimate of drug-likeness (QED) is 0.742. The van der Waals surface area contributed by atoms with Crippen molar-refractivity contribution in [2.75, 3.05) is 25.4 Å². The molecule has 0 aromatic carbocycles. The maximum Gasteiger partial charge on any atom is 0.417 e. The van der Waals surface area contributed by atoms with Crippen molar-refractivity contribution in [3.63, 3.8) is 0 Å². The topological polar surface area (TPSA) is 46.6 Å². The Bertz CT molecular complexity index is 363. The lowest BCUT2D eigenvalue weighted by molar-refractivity contribution is -0.280. The van der Waals surface area contributed by atoms with Crippen LogP contribution in [0, 0.1) is 0 Å². The van der Waals surface area contributed by atoms with Gasteiger partial charge in [0.1, 0.15) is 5.21 Å². The van der Waals surface area contributed by atoms with Crippen LogP contribution in [-0.2, 0) is 14.8 Å². The predicted octanol–water partition coefficient (Wildman–Crippen LogP) is 1.56. The number of halogens is 4. The second-order valence-corrected chi connectivity index (χ2v) is 6.37. The third-order valence-electron chi connectivity index (χ3n) is 2.97. The Morgan fingerprint density at radius 2 is 1.82 bits per heavy atom. The zero-order valence-corrected chi connectivity index (χ0v) is 10.7. The highest BCUT2D eigenvalue weighted by Crippen LogP contribution is 2.41. The van der Waals surface area contributed by atoms with Crippen LogP contribution in [0.1, 0.15) is 12.8 Å². The summed E-state index contributed by atoms with van der Waals surface area (Å²) in [6.45, 7) is -0.467. The summed E-state index contributed by atoms with van der Waals surface area (Å²) in [6, 6.07) is 0. The summed E-state index contributed by atoms with van der Waals surface area (Å²) < 4.78 is 66.6. The van der Waals surface area contributed by atoms with E-state index in [4.69, 9.17) is 11.6 Å². The van der Waals surface area contributed by atoms with Crippen molar-refractivity contribution in [2.45, 2.75) is 24.6 Å². The van der Waals surface area contributed by atoms with Crippen molar-refractivity contribution in [1.29, 1.82) is 0 Å². The largest absolute Gasteiger partial charge is 0.417 e. The van der Waals surface area contributed by atoms with Gasteiger partial charge < -0.3 is 4.74 Å². The van der Waals surface area contributed by atoms with E-state index in [9.17, 15) is 21.6 Å². The Balaban J connectivity index is 2.80. The van der Waals surface area contributed by atoms with Gasteiger partial charge in [0, 0.05) is 20.2 Å². The van der Waals surface area contributed by atoms with Crippen LogP contribution < -0.4 is 0 Å². The number of ether oxygens (including phenoxy) is 1. The SMILES string of the molecule is COC1(C(F)(F)F)CCN(S(=O)(=O)CCl)CC1. The molecule has 1 aliphatic heterocycles. The molecule has 1 fully saturated rings. The second-order valence-electron chi connectivity index (χ2n) is 3.82. The van der Waals surface area contributed by atoms with Gasteiger partial charge in [0.25, 0.3) is 0 Å². The molecule has 0 aromatic rings. The fourth-order valence-electron chi connectivity index (χ4n) is 1.80. The Kier molecular flexibility index (Phi) is 4.33. The van der Waals surface area contributed by atoms with Crippen molar-refractivity contribution >= 4 is 21.6 Å². The number of sulfonamides is 1. The molecule has 0 spiro atoms. The van der Waals surface area contributed by atoms with E-state index in [1.165, 1.54) is 0 Å². The van der Waals surface area contributed by atoms with E-state index in [-0.39, 0.29) is 13.1 Å². The molecule has 0 aliphatic carbocycles. The number of methoxy groups -OCH3 is 1. The molecule has 1 saturated heterocycles. The van der Waals surface area contributed by atoms with E-state index < -0.39 is 39.9 Å². The molecule has 4 nitrogen and oxygen atoms in total. The maximum atomic E-state index is 12.8. The summed E-state index contributed by atoms with van der Waals surface area (Å²) in [5.74, 6) is 0. The van der Waals surface area contributed by atoms with Crippen LogP contribution in [0.25, 0.3) is 0 Å². The molecule has 0 atom stereocenters. The van der Waals surface area contributed by atoms with Crippen LogP contribution in [0.15, 0.2) is 0 Å². The average molecular weight is 296 g/mol. The van der Waals surface area contributed by atoms with Crippen LogP contribution in [-0.4, -0.2) is 49.9 Å². The molecule has 0 radical (unpaired) electrons. The summed E-state index contributed by atoms with van der Waals surface area (Å²) >= 11 is 5.24. The zero-order valence-electron chi connectivity index (χ0n) is 9.13. The highest BCUT2D eigenvalue weighted by Gasteiger charge is 2.57. The second kappa shape index (κ2) is 4.91. The number of alkyl halides is 4. The lowest BCUT2D eigenvalue weighted by atomic mass is 9.91. The molecule has 9 heteroatoms. The summed E-state index contributed by atoms with van der Waals surface area (Å²) in [5, 5.41) is -0.626. The zero-order chi connectivity index (χ0) is 13.3. The summed E-state index contributed by atoms with van der Waals surface area (Å²) in [5.41, 5.74) is -2.24. The molecule has 1 heterocycles. The standard InChI is InChI=1S/C8H13ClF3NO3S/c1-16-7(8(10,11)12)2-4-13(5-3-7)17(14,15)6-9/h2-6H2,1H3. The number of rotatable bonds is 3. The molecule has 1 aliphatic rings. The van der Waals surface area contributed by atoms with Crippen molar-refractivity contribution in [1.82, 2.24) is 4.31 Å². The molecule has 0 amide bonds. The lowest BCUT2D eigenvalue weighted by Gasteiger charge is -2.40. The number of hydrogen-bond acceptors (Lipinski definition) is 3. The van der Waals surface area contributed by atoms with Crippen molar-refractivity contribution in [3.05, 3.63) is 0 Å². The van der Waals surface area contributed by atoms with Crippen molar-refractivity contribution in [3.8, 4) is 0 Å². The van der Waals surface area contributed by atoms with E-state index in [0.29, 0.717) is 0 Å². The van der Waals surface area contributed by atoms with Gasteiger partial charge >= 0.3 is 6.18 Å². The first-order valence-corrected chi connectivity index (χ1v) is 6.98. The first kappa shape index (κ1) is 15.0. The minimum atomic E-state index is -4.50. The molecule has 17 heavy (non-hydrogen) atoms. The minimum Gasteiger partial charge on any atom is -0.369 e. The third kappa shape index (κ3) is 2.86. The summed E-state index contributed by atoms with van der Waals surface area (Å²) in [7, 11) is -2.66. The molecule has 1 rings (SSSR count). The van der Waals surface area contributed by atoms with Crippen LogP contribution in [0.4, 0.5) is 13.2 Å². The molecule has 0 saturated carbocycles. The van der Waals surface area contributed by atoms with Gasteiger partial charge in [-0.3, -0.25) is 0 Å². The minimum absolute atomic E-state index is 0.234. The van der Waals surface area contributed by atoms with Crippen LogP contribution in [0.3, 0.4) is 0 Å². The molecular weight excluding hydrogens is 283 g/mol. The van der Waals surface area contributed by atoms with E-state index in [2.05, 4.69) is 4.74 Å². The van der Waals surface area contributed by atoms with Gasteiger partial charge in [0.15, 0.2) is 5.60 Å². The van der Waals surface area contributed by atoms with E-state index >= 15 is 0 Å². The van der Waals surface area contributed by atoms with Crippen molar-refractivity contribution in [2.24, 2.45) is 0 Å². The number of nitrogens with zero attached hydrogens (tertiary/aromatic N) is 1. The van der Waals surface area contributed by atoms with E-state index in [0.717, 1.165) is 11.4 Å². The van der Waals surface area contributed by atoms with E-state index in [1.807, 2.05) is 0 Å². The fraction of sp³-hybridized carbons (Fsp3) is 1.00. The van der Waals surface area contributed by atoms with E-state index in [1.54, 1.807) is 0 Å². The Labute approximate surface area is 103 Å². The Morgan fingerprint density at radius 3 is 2.12 bits per heavy atom. The molecule has 0 N–H and O–H groups in total. The predicted molar refractivity (Wildman–Crippen MR) is 56.2 cm³/mol. The molecule has 102 valence electrons. The van der Waals surface area contributed by atoms with Gasteiger partial charge in [0.05, 0.1) is 0 Å². The Hall–Kier alpha value is -0.0500. The average Bonchev–Trinajstić information content (AvgIpc) is 2.27. The van der Waals surface area contributed by atoms with Gasteiger partial charge in [-0.15, -0.1) is 11.6 Å². The summed E-state index contributed by atoms with van der Waals surface area (Å²) in [6.07, 6.45) is -5.33. The Morgan fingerprint density at radius 1 is 1.35 bits per heavy atom.